The molecule has 4 aliphatic rings. The minimum Gasteiger partial charge on any atom is -0.489 e. The van der Waals surface area contributed by atoms with E-state index in [0.717, 1.165) is 29.5 Å². The maximum Gasteiger partial charge on any atom is 0.255 e. The SMILES string of the molecule is C=C1CCC(N2Cc3c(OCc4ccc(CN5C[C@H]6CCCC[C@H]6C5)cc4)cccc3C2=O)C(=O)N1. The summed E-state index contributed by atoms with van der Waals surface area (Å²) in [6.45, 7) is 8.21. The van der Waals surface area contributed by atoms with E-state index in [1.165, 1.54) is 44.3 Å². The number of hydrogen-bond donors (Lipinski definition) is 1. The fourth-order valence-electron chi connectivity index (χ4n) is 6.56. The molecule has 6 rings (SSSR count). The third kappa shape index (κ3) is 4.55. The highest BCUT2D eigenvalue weighted by molar-refractivity contribution is 6.02. The minimum atomic E-state index is -0.463. The lowest BCUT2D eigenvalue weighted by Gasteiger charge is -2.31. The lowest BCUT2D eigenvalue weighted by molar-refractivity contribution is -0.126. The number of benzene rings is 2. The number of rotatable bonds is 6. The van der Waals surface area contributed by atoms with Crippen LogP contribution in [-0.2, 0) is 24.5 Å². The number of nitrogens with zero attached hydrogens (tertiary/aromatic N) is 2. The summed E-state index contributed by atoms with van der Waals surface area (Å²) in [5.41, 5.74) is 4.68. The van der Waals surface area contributed by atoms with Gasteiger partial charge in [-0.05, 0) is 60.8 Å². The van der Waals surface area contributed by atoms with Crippen LogP contribution in [0.4, 0.5) is 0 Å². The Kier molecular flexibility index (Phi) is 6.30. The van der Waals surface area contributed by atoms with E-state index in [-0.39, 0.29) is 11.8 Å². The van der Waals surface area contributed by atoms with Crippen molar-refractivity contribution in [3.05, 3.63) is 77.0 Å². The molecule has 3 aliphatic heterocycles. The topological polar surface area (TPSA) is 61.9 Å². The molecule has 2 aromatic carbocycles. The summed E-state index contributed by atoms with van der Waals surface area (Å²) in [6, 6.07) is 13.9. The molecule has 1 aliphatic carbocycles. The van der Waals surface area contributed by atoms with Crippen LogP contribution in [0.3, 0.4) is 0 Å². The quantitative estimate of drug-likeness (QED) is 0.648. The summed E-state index contributed by atoms with van der Waals surface area (Å²) in [6.07, 6.45) is 6.93. The van der Waals surface area contributed by atoms with Crippen LogP contribution in [0.15, 0.2) is 54.7 Å². The summed E-state index contributed by atoms with van der Waals surface area (Å²) >= 11 is 0. The van der Waals surface area contributed by atoms with Crippen LogP contribution in [0.5, 0.6) is 5.75 Å². The van der Waals surface area contributed by atoms with Crippen LogP contribution in [0, 0.1) is 11.8 Å². The van der Waals surface area contributed by atoms with Gasteiger partial charge in [0.25, 0.3) is 5.91 Å². The normalized spacial score (nSPS) is 26.1. The van der Waals surface area contributed by atoms with Gasteiger partial charge in [-0.15, -0.1) is 0 Å². The Morgan fingerprint density at radius 2 is 1.67 bits per heavy atom. The van der Waals surface area contributed by atoms with E-state index >= 15 is 0 Å². The molecule has 2 aromatic rings. The van der Waals surface area contributed by atoms with Crippen LogP contribution in [-0.4, -0.2) is 40.7 Å². The fraction of sp³-hybridized carbons (Fsp3) is 0.467. The zero-order valence-corrected chi connectivity index (χ0v) is 20.9. The number of carbonyl (C=O) groups excluding carboxylic acids is 2. The Bertz CT molecular complexity index is 1160. The maximum absolute atomic E-state index is 13.1. The Labute approximate surface area is 213 Å². The molecule has 1 saturated carbocycles. The Hall–Kier alpha value is -3.12. The lowest BCUT2D eigenvalue weighted by atomic mass is 9.82. The largest absolute Gasteiger partial charge is 0.489 e. The van der Waals surface area contributed by atoms with E-state index in [1.54, 1.807) is 4.90 Å². The molecule has 3 atom stereocenters. The minimum absolute atomic E-state index is 0.103. The molecule has 1 N–H and O–H groups in total. The predicted octanol–water partition coefficient (Wildman–Crippen LogP) is 4.64. The van der Waals surface area contributed by atoms with E-state index in [0.29, 0.717) is 43.0 Å². The van der Waals surface area contributed by atoms with E-state index in [1.807, 2.05) is 18.2 Å². The highest BCUT2D eigenvalue weighted by Gasteiger charge is 2.39. The Morgan fingerprint density at radius 3 is 2.39 bits per heavy atom. The summed E-state index contributed by atoms with van der Waals surface area (Å²) in [5.74, 6) is 2.28. The molecular weight excluding hydrogens is 450 g/mol. The molecule has 36 heavy (non-hydrogen) atoms. The standard InChI is InChI=1S/C30H35N3O3/c1-20-9-14-27(29(34)31-20)33-18-26-25(30(33)35)7-4-8-28(26)36-19-22-12-10-21(11-13-22)15-32-16-23-5-2-3-6-24(23)17-32/h4,7-8,10-13,23-24,27H,1-3,5-6,9,14-19H2,(H,31,34)/t23-,24+,27?. The molecule has 6 nitrogen and oxygen atoms in total. The highest BCUT2D eigenvalue weighted by atomic mass is 16.5. The fourth-order valence-corrected chi connectivity index (χ4v) is 6.56. The first-order valence-electron chi connectivity index (χ1n) is 13.4. The summed E-state index contributed by atoms with van der Waals surface area (Å²) in [5, 5.41) is 2.79. The van der Waals surface area contributed by atoms with Gasteiger partial charge in [0.15, 0.2) is 0 Å². The number of fused-ring (bicyclic) bond motifs is 2. The van der Waals surface area contributed by atoms with Gasteiger partial charge in [0, 0.05) is 36.5 Å². The number of allylic oxidation sites excluding steroid dienone is 1. The molecule has 0 bridgehead atoms. The number of nitrogens with one attached hydrogen (secondary N) is 1. The van der Waals surface area contributed by atoms with Gasteiger partial charge in [-0.1, -0.05) is 49.8 Å². The molecular formula is C30H35N3O3. The first-order chi connectivity index (χ1) is 17.5. The number of piperidine rings is 1. The first kappa shape index (κ1) is 23.3. The Morgan fingerprint density at radius 1 is 0.944 bits per heavy atom. The summed E-state index contributed by atoms with van der Waals surface area (Å²) in [4.78, 5) is 29.9. The van der Waals surface area contributed by atoms with E-state index in [4.69, 9.17) is 4.74 Å². The van der Waals surface area contributed by atoms with Crippen LogP contribution in [0.25, 0.3) is 0 Å². The summed E-state index contributed by atoms with van der Waals surface area (Å²) in [7, 11) is 0. The molecule has 6 heteroatoms. The van der Waals surface area contributed by atoms with Gasteiger partial charge in [-0.3, -0.25) is 14.5 Å². The van der Waals surface area contributed by atoms with Crippen molar-refractivity contribution in [2.24, 2.45) is 11.8 Å². The average molecular weight is 486 g/mol. The molecule has 2 amide bonds. The highest BCUT2D eigenvalue weighted by Crippen LogP contribution is 2.37. The van der Waals surface area contributed by atoms with Gasteiger partial charge in [0.1, 0.15) is 18.4 Å². The number of likely N-dealkylation sites (tertiary alicyclic amines) is 1. The molecule has 1 unspecified atom stereocenters. The van der Waals surface area contributed by atoms with Gasteiger partial charge in [0.2, 0.25) is 5.91 Å². The van der Waals surface area contributed by atoms with E-state index < -0.39 is 6.04 Å². The van der Waals surface area contributed by atoms with Crippen molar-refractivity contribution in [2.75, 3.05) is 13.1 Å². The number of amides is 2. The maximum atomic E-state index is 13.1. The average Bonchev–Trinajstić information content (AvgIpc) is 3.44. The van der Waals surface area contributed by atoms with E-state index in [2.05, 4.69) is 41.1 Å². The number of carbonyl (C=O) groups is 2. The van der Waals surface area contributed by atoms with Crippen LogP contribution >= 0.6 is 0 Å². The number of hydrogen-bond acceptors (Lipinski definition) is 4. The van der Waals surface area contributed by atoms with Crippen molar-refractivity contribution in [1.82, 2.24) is 15.1 Å². The molecule has 0 aromatic heterocycles. The van der Waals surface area contributed by atoms with Crippen LogP contribution < -0.4 is 10.1 Å². The van der Waals surface area contributed by atoms with Gasteiger partial charge in [0.05, 0.1) is 6.54 Å². The monoisotopic (exact) mass is 485 g/mol. The zero-order chi connectivity index (χ0) is 24.6. The van der Waals surface area contributed by atoms with Crippen molar-refractivity contribution >= 4 is 11.8 Å². The molecule has 0 spiro atoms. The molecule has 3 fully saturated rings. The third-order valence-electron chi connectivity index (χ3n) is 8.53. The van der Waals surface area contributed by atoms with Crippen molar-refractivity contribution in [3.8, 4) is 5.75 Å². The predicted molar refractivity (Wildman–Crippen MR) is 138 cm³/mol. The molecule has 188 valence electrons. The molecule has 0 radical (unpaired) electrons. The second-order valence-corrected chi connectivity index (χ2v) is 11.0. The van der Waals surface area contributed by atoms with E-state index in [9.17, 15) is 9.59 Å². The van der Waals surface area contributed by atoms with Crippen molar-refractivity contribution in [1.29, 1.82) is 0 Å². The van der Waals surface area contributed by atoms with Crippen molar-refractivity contribution in [2.45, 2.75) is 64.3 Å². The van der Waals surface area contributed by atoms with Crippen LogP contribution in [0.1, 0.15) is 65.6 Å². The van der Waals surface area contributed by atoms with Gasteiger partial charge < -0.3 is 15.0 Å². The smallest absolute Gasteiger partial charge is 0.255 e. The molecule has 3 heterocycles. The second kappa shape index (κ2) is 9.74. The first-order valence-corrected chi connectivity index (χ1v) is 13.4. The zero-order valence-electron chi connectivity index (χ0n) is 20.9. The second-order valence-electron chi connectivity index (χ2n) is 11.0. The molecule has 2 saturated heterocycles. The lowest BCUT2D eigenvalue weighted by Crippen LogP contribution is -2.49. The van der Waals surface area contributed by atoms with Crippen molar-refractivity contribution in [3.63, 3.8) is 0 Å². The van der Waals surface area contributed by atoms with Crippen LogP contribution in [0.2, 0.25) is 0 Å². The summed E-state index contributed by atoms with van der Waals surface area (Å²) < 4.78 is 6.20. The van der Waals surface area contributed by atoms with Gasteiger partial charge in [-0.25, -0.2) is 0 Å². The number of ether oxygens (including phenoxy) is 1. The van der Waals surface area contributed by atoms with Gasteiger partial charge >= 0.3 is 0 Å². The Balaban J connectivity index is 1.07. The third-order valence-corrected chi connectivity index (χ3v) is 8.53. The van der Waals surface area contributed by atoms with Crippen molar-refractivity contribution < 1.29 is 14.3 Å². The van der Waals surface area contributed by atoms with Gasteiger partial charge in [-0.2, -0.15) is 0 Å².